The van der Waals surface area contributed by atoms with Crippen LogP contribution in [0.1, 0.15) is 36.8 Å². The van der Waals surface area contributed by atoms with Gasteiger partial charge >= 0.3 is 0 Å². The van der Waals surface area contributed by atoms with Gasteiger partial charge in [-0.15, -0.1) is 0 Å². The highest BCUT2D eigenvalue weighted by atomic mass is 31.0. The van der Waals surface area contributed by atoms with Gasteiger partial charge < -0.3 is 24.8 Å². The minimum absolute atomic E-state index is 0.0211. The number of amides is 3. The highest BCUT2D eigenvalue weighted by Crippen LogP contribution is 2.35. The first kappa shape index (κ1) is 28.9. The summed E-state index contributed by atoms with van der Waals surface area (Å²) in [6.07, 6.45) is 0.892. The lowest BCUT2D eigenvalue weighted by molar-refractivity contribution is -0.157. The van der Waals surface area contributed by atoms with Crippen LogP contribution in [-0.2, 0) is 32.1 Å². The summed E-state index contributed by atoms with van der Waals surface area (Å²) >= 11 is 0. The monoisotopic (exact) mass is 519 g/mol. The minimum atomic E-state index is -0.376. The van der Waals surface area contributed by atoms with Crippen molar-refractivity contribution in [2.24, 2.45) is 0 Å². The first-order chi connectivity index (χ1) is 17.4. The summed E-state index contributed by atoms with van der Waals surface area (Å²) in [6, 6.07) is 12.9. The fraction of sp³-hybridized carbons (Fsp3) is 0.400. The van der Waals surface area contributed by atoms with E-state index in [1.54, 1.807) is 19.2 Å². The van der Waals surface area contributed by atoms with Gasteiger partial charge in [0.25, 0.3) is 0 Å². The second kappa shape index (κ2) is 15.6. The van der Waals surface area contributed by atoms with Crippen LogP contribution in [0.2, 0.25) is 0 Å². The second-order valence-corrected chi connectivity index (χ2v) is 7.94. The maximum atomic E-state index is 12.7. The molecular weight excluding hydrogens is 485 g/mol. The third kappa shape index (κ3) is 9.36. The molecule has 0 aliphatic heterocycles. The number of hydroxylamine groups is 2. The first-order valence-electron chi connectivity index (χ1n) is 11.5. The van der Waals surface area contributed by atoms with Crippen LogP contribution in [0.5, 0.6) is 17.2 Å². The topological polar surface area (TPSA) is 115 Å². The Balaban J connectivity index is 1.97. The van der Waals surface area contributed by atoms with E-state index in [0.717, 1.165) is 10.6 Å². The molecular formula is C25H34N3O7P. The number of nitrogens with one attached hydrogen (secondary N) is 2. The second-order valence-electron chi connectivity index (χ2n) is 7.73. The predicted molar refractivity (Wildman–Crippen MR) is 137 cm³/mol. The number of methoxy groups -OCH3 is 2. The highest BCUT2D eigenvalue weighted by molar-refractivity contribution is 7.09. The molecule has 2 N–H and O–H groups in total. The van der Waals surface area contributed by atoms with Gasteiger partial charge in [-0.1, -0.05) is 30.3 Å². The molecule has 3 amide bonds. The van der Waals surface area contributed by atoms with E-state index in [1.165, 1.54) is 14.2 Å². The molecule has 10 nitrogen and oxygen atoms in total. The van der Waals surface area contributed by atoms with E-state index in [0.29, 0.717) is 48.8 Å². The SMILES string of the molecule is CNC(=O)CCCOc1cc(OC)c(CN(OP)C(=O)CCC(=O)NCc2ccccc2)c(OC)c1. The summed E-state index contributed by atoms with van der Waals surface area (Å²) in [5.74, 6) is 0.721. The molecule has 36 heavy (non-hydrogen) atoms. The third-order valence-corrected chi connectivity index (χ3v) is 5.54. The van der Waals surface area contributed by atoms with Crippen molar-refractivity contribution in [2.75, 3.05) is 27.9 Å². The molecule has 1 atom stereocenters. The van der Waals surface area contributed by atoms with E-state index in [1.807, 2.05) is 39.8 Å². The van der Waals surface area contributed by atoms with Crippen molar-refractivity contribution in [2.45, 2.75) is 38.8 Å². The van der Waals surface area contributed by atoms with Gasteiger partial charge in [0, 0.05) is 54.5 Å². The molecule has 0 spiro atoms. The molecule has 11 heteroatoms. The average Bonchev–Trinajstić information content (AvgIpc) is 2.91. The van der Waals surface area contributed by atoms with Crippen LogP contribution in [0, 0.1) is 0 Å². The van der Waals surface area contributed by atoms with Crippen LogP contribution in [0.15, 0.2) is 42.5 Å². The van der Waals surface area contributed by atoms with Gasteiger partial charge in [-0.2, -0.15) is 0 Å². The molecule has 196 valence electrons. The van der Waals surface area contributed by atoms with E-state index in [4.69, 9.17) is 18.8 Å². The van der Waals surface area contributed by atoms with E-state index in [-0.39, 0.29) is 37.1 Å². The first-order valence-corrected chi connectivity index (χ1v) is 11.9. The fourth-order valence-corrected chi connectivity index (χ4v) is 3.50. The third-order valence-electron chi connectivity index (χ3n) is 5.28. The number of hydrogen-bond acceptors (Lipinski definition) is 7. The molecule has 0 aliphatic rings. The highest BCUT2D eigenvalue weighted by Gasteiger charge is 2.21. The van der Waals surface area contributed by atoms with E-state index in [9.17, 15) is 14.4 Å². The Morgan fingerprint density at radius 2 is 1.61 bits per heavy atom. The Morgan fingerprint density at radius 1 is 0.944 bits per heavy atom. The standard InChI is InChI=1S/C25H34N3O7P/c1-26-23(29)10-7-13-34-19-14-21(32-2)20(22(15-19)33-3)17-28(35-36)25(31)12-11-24(30)27-16-18-8-5-4-6-9-18/h4-6,8-9,14-15H,7,10-13,16-17,36H2,1-3H3,(H,26,29)(H,27,30). The van der Waals surface area contributed by atoms with Crippen molar-refractivity contribution in [3.05, 3.63) is 53.6 Å². The zero-order chi connectivity index (χ0) is 26.3. The molecule has 1 unspecified atom stereocenters. The number of hydrogen-bond donors (Lipinski definition) is 2. The summed E-state index contributed by atoms with van der Waals surface area (Å²) < 4.78 is 21.9. The van der Waals surface area contributed by atoms with Crippen LogP contribution < -0.4 is 24.8 Å². The Morgan fingerprint density at radius 3 is 2.19 bits per heavy atom. The Bertz CT molecular complexity index is 979. The summed E-state index contributed by atoms with van der Waals surface area (Å²) in [5.41, 5.74) is 1.55. The van der Waals surface area contributed by atoms with Crippen LogP contribution in [-0.4, -0.2) is 50.7 Å². The van der Waals surface area contributed by atoms with Crippen molar-refractivity contribution >= 4 is 27.2 Å². The normalized spacial score (nSPS) is 10.3. The van der Waals surface area contributed by atoms with Crippen molar-refractivity contribution in [1.82, 2.24) is 15.7 Å². The molecule has 0 saturated heterocycles. The number of carbonyl (C=O) groups excluding carboxylic acids is 3. The average molecular weight is 520 g/mol. The van der Waals surface area contributed by atoms with Crippen molar-refractivity contribution in [3.63, 3.8) is 0 Å². The molecule has 0 saturated carbocycles. The maximum Gasteiger partial charge on any atom is 0.247 e. The summed E-state index contributed by atoms with van der Waals surface area (Å²) in [6.45, 7) is 0.758. The van der Waals surface area contributed by atoms with E-state index in [2.05, 4.69) is 10.6 Å². The number of rotatable bonds is 15. The quantitative estimate of drug-likeness (QED) is 0.211. The molecule has 0 aliphatic carbocycles. The lowest BCUT2D eigenvalue weighted by Crippen LogP contribution is -2.30. The fourth-order valence-electron chi connectivity index (χ4n) is 3.30. The van der Waals surface area contributed by atoms with Crippen LogP contribution in [0.25, 0.3) is 0 Å². The lowest BCUT2D eigenvalue weighted by Gasteiger charge is -2.23. The molecule has 2 aromatic carbocycles. The predicted octanol–water partition coefficient (Wildman–Crippen LogP) is 2.76. The molecule has 0 aromatic heterocycles. The summed E-state index contributed by atoms with van der Waals surface area (Å²) in [4.78, 5) is 36.3. The van der Waals surface area contributed by atoms with E-state index >= 15 is 0 Å². The zero-order valence-corrected chi connectivity index (χ0v) is 22.0. The van der Waals surface area contributed by atoms with Gasteiger partial charge in [-0.25, -0.2) is 5.06 Å². The van der Waals surface area contributed by atoms with Crippen molar-refractivity contribution in [3.8, 4) is 17.2 Å². The number of carbonyl (C=O) groups is 3. The molecule has 2 rings (SSSR count). The number of benzene rings is 2. The van der Waals surface area contributed by atoms with Gasteiger partial charge in [0.2, 0.25) is 17.7 Å². The largest absolute Gasteiger partial charge is 0.496 e. The van der Waals surface area contributed by atoms with Gasteiger partial charge in [0.15, 0.2) is 0 Å². The molecule has 0 fully saturated rings. The van der Waals surface area contributed by atoms with Crippen LogP contribution in [0.3, 0.4) is 0 Å². The summed E-state index contributed by atoms with van der Waals surface area (Å²) in [7, 11) is 6.63. The lowest BCUT2D eigenvalue weighted by atomic mass is 10.1. The minimum Gasteiger partial charge on any atom is -0.496 e. The van der Waals surface area contributed by atoms with E-state index < -0.39 is 0 Å². The van der Waals surface area contributed by atoms with Crippen LogP contribution >= 0.6 is 9.47 Å². The Labute approximate surface area is 213 Å². The maximum absolute atomic E-state index is 12.7. The van der Waals surface area contributed by atoms with Gasteiger partial charge in [0.1, 0.15) is 17.2 Å². The van der Waals surface area contributed by atoms with Gasteiger partial charge in [-0.3, -0.25) is 19.0 Å². The Kier molecular flexibility index (Phi) is 12.5. The zero-order valence-electron chi connectivity index (χ0n) is 20.9. The molecule has 2 aromatic rings. The summed E-state index contributed by atoms with van der Waals surface area (Å²) in [5, 5.41) is 6.49. The Hall–Kier alpha value is -3.36. The number of nitrogens with zero attached hydrogens (tertiary/aromatic N) is 1. The van der Waals surface area contributed by atoms with Crippen molar-refractivity contribution in [1.29, 1.82) is 0 Å². The van der Waals surface area contributed by atoms with Crippen LogP contribution in [0.4, 0.5) is 0 Å². The van der Waals surface area contributed by atoms with Crippen molar-refractivity contribution < 1.29 is 33.2 Å². The van der Waals surface area contributed by atoms with Gasteiger partial charge in [-0.05, 0) is 12.0 Å². The van der Waals surface area contributed by atoms with Gasteiger partial charge in [0.05, 0.1) is 32.9 Å². The molecule has 0 heterocycles. The number of ether oxygens (including phenoxy) is 3. The molecule has 0 radical (unpaired) electrons. The smallest absolute Gasteiger partial charge is 0.247 e. The molecule has 0 bridgehead atoms.